The summed E-state index contributed by atoms with van der Waals surface area (Å²) in [4.78, 5) is 15.5. The second-order valence-electron chi connectivity index (χ2n) is 6.71. The third kappa shape index (κ3) is 8.86. The number of hydrogen-bond donors (Lipinski definition) is 1. The molecule has 0 unspecified atom stereocenters. The Balaban J connectivity index is 0.000000745. The summed E-state index contributed by atoms with van der Waals surface area (Å²) in [5, 5.41) is 3.44. The summed E-state index contributed by atoms with van der Waals surface area (Å²) in [6.45, 7) is 13.2. The SMILES string of the molecule is CCC.O=CCN1CCCN(CCC2CCNCC2)CCC1. The lowest BCUT2D eigenvalue weighted by molar-refractivity contribution is -0.109. The molecule has 4 nitrogen and oxygen atoms in total. The van der Waals surface area contributed by atoms with Crippen molar-refractivity contribution < 1.29 is 4.79 Å². The fourth-order valence-corrected chi connectivity index (χ4v) is 3.31. The van der Waals surface area contributed by atoms with Gasteiger partial charge in [0.05, 0.1) is 6.54 Å². The molecule has 0 aromatic carbocycles. The zero-order valence-electron chi connectivity index (χ0n) is 14.9. The van der Waals surface area contributed by atoms with Crippen LogP contribution in [0.2, 0.25) is 0 Å². The Morgan fingerprint density at radius 1 is 1.00 bits per heavy atom. The smallest absolute Gasteiger partial charge is 0.133 e. The van der Waals surface area contributed by atoms with Gasteiger partial charge < -0.3 is 15.0 Å². The molecule has 2 aliphatic heterocycles. The van der Waals surface area contributed by atoms with Crippen molar-refractivity contribution in [2.75, 3.05) is 52.4 Å². The maximum Gasteiger partial charge on any atom is 0.133 e. The summed E-state index contributed by atoms with van der Waals surface area (Å²) < 4.78 is 0. The van der Waals surface area contributed by atoms with Gasteiger partial charge in [0, 0.05) is 0 Å². The normalized spacial score (nSPS) is 22.3. The maximum atomic E-state index is 10.6. The van der Waals surface area contributed by atoms with Crippen molar-refractivity contribution in [2.24, 2.45) is 5.92 Å². The lowest BCUT2D eigenvalue weighted by atomic mass is 9.94. The van der Waals surface area contributed by atoms with E-state index in [1.54, 1.807) is 0 Å². The highest BCUT2D eigenvalue weighted by atomic mass is 16.1. The van der Waals surface area contributed by atoms with Gasteiger partial charge in [0.15, 0.2) is 0 Å². The molecule has 0 aromatic heterocycles. The molecule has 0 aliphatic carbocycles. The molecule has 0 bridgehead atoms. The van der Waals surface area contributed by atoms with E-state index in [9.17, 15) is 4.79 Å². The molecular weight excluding hydrogens is 274 g/mol. The lowest BCUT2D eigenvalue weighted by Gasteiger charge is -2.31. The van der Waals surface area contributed by atoms with Crippen LogP contribution >= 0.6 is 0 Å². The van der Waals surface area contributed by atoms with Gasteiger partial charge in [0.2, 0.25) is 0 Å². The van der Waals surface area contributed by atoms with Crippen molar-refractivity contribution in [3.63, 3.8) is 0 Å². The zero-order valence-corrected chi connectivity index (χ0v) is 14.9. The average molecular weight is 312 g/mol. The first-order valence-electron chi connectivity index (χ1n) is 9.39. The monoisotopic (exact) mass is 311 g/mol. The van der Waals surface area contributed by atoms with Gasteiger partial charge in [0.25, 0.3) is 0 Å². The molecule has 0 radical (unpaired) electrons. The fraction of sp³-hybridized carbons (Fsp3) is 0.944. The molecule has 2 saturated heterocycles. The first kappa shape index (κ1) is 19.6. The third-order valence-electron chi connectivity index (χ3n) is 4.54. The van der Waals surface area contributed by atoms with Gasteiger partial charge >= 0.3 is 0 Å². The summed E-state index contributed by atoms with van der Waals surface area (Å²) in [5.41, 5.74) is 0. The van der Waals surface area contributed by atoms with Crippen molar-refractivity contribution in [3.05, 3.63) is 0 Å². The topological polar surface area (TPSA) is 35.6 Å². The van der Waals surface area contributed by atoms with E-state index < -0.39 is 0 Å². The van der Waals surface area contributed by atoms with Crippen LogP contribution < -0.4 is 5.32 Å². The Morgan fingerprint density at radius 3 is 2.09 bits per heavy atom. The Hall–Kier alpha value is -0.450. The van der Waals surface area contributed by atoms with Gasteiger partial charge in [0.1, 0.15) is 6.29 Å². The minimum absolute atomic E-state index is 0.620. The molecule has 2 heterocycles. The second-order valence-corrected chi connectivity index (χ2v) is 6.71. The Kier molecular flexibility index (Phi) is 11.6. The number of nitrogens with one attached hydrogen (secondary N) is 1. The van der Waals surface area contributed by atoms with Crippen LogP contribution in [0.15, 0.2) is 0 Å². The number of carbonyl (C=O) groups excluding carboxylic acids is 1. The van der Waals surface area contributed by atoms with Crippen LogP contribution in [0.25, 0.3) is 0 Å². The van der Waals surface area contributed by atoms with Crippen LogP contribution in [0, 0.1) is 5.92 Å². The standard InChI is InChI=1S/C15H29N3O.C3H8/c19-14-13-18-10-1-8-17(9-2-11-18)12-5-15-3-6-16-7-4-15;1-3-2/h14-16H,1-13H2;3H2,1-2H3. The molecule has 2 fully saturated rings. The molecule has 1 N–H and O–H groups in total. The summed E-state index contributed by atoms with van der Waals surface area (Å²) in [6.07, 6.45) is 8.80. The van der Waals surface area contributed by atoms with E-state index in [2.05, 4.69) is 29.0 Å². The molecular formula is C18H37N3O. The van der Waals surface area contributed by atoms with Crippen molar-refractivity contribution >= 4 is 6.29 Å². The van der Waals surface area contributed by atoms with E-state index in [4.69, 9.17) is 0 Å². The second kappa shape index (κ2) is 13.0. The Morgan fingerprint density at radius 2 is 1.55 bits per heavy atom. The van der Waals surface area contributed by atoms with Gasteiger partial charge in [-0.05, 0) is 83.8 Å². The summed E-state index contributed by atoms with van der Waals surface area (Å²) in [7, 11) is 0. The summed E-state index contributed by atoms with van der Waals surface area (Å²) >= 11 is 0. The van der Waals surface area contributed by atoms with Crippen LogP contribution in [-0.4, -0.2) is 68.4 Å². The minimum atomic E-state index is 0.620. The number of aldehydes is 1. The number of nitrogens with zero attached hydrogens (tertiary/aromatic N) is 2. The van der Waals surface area contributed by atoms with Crippen LogP contribution in [0.5, 0.6) is 0 Å². The minimum Gasteiger partial charge on any atom is -0.317 e. The highest BCUT2D eigenvalue weighted by Gasteiger charge is 2.16. The summed E-state index contributed by atoms with van der Waals surface area (Å²) in [5.74, 6) is 0.943. The highest BCUT2D eigenvalue weighted by Crippen LogP contribution is 2.17. The number of rotatable bonds is 5. The van der Waals surface area contributed by atoms with Crippen molar-refractivity contribution in [3.8, 4) is 0 Å². The van der Waals surface area contributed by atoms with E-state index in [-0.39, 0.29) is 0 Å². The molecule has 4 heteroatoms. The molecule has 0 saturated carbocycles. The highest BCUT2D eigenvalue weighted by molar-refractivity contribution is 5.51. The first-order valence-corrected chi connectivity index (χ1v) is 9.39. The molecule has 130 valence electrons. The predicted molar refractivity (Wildman–Crippen MR) is 94.4 cm³/mol. The molecule has 0 atom stereocenters. The van der Waals surface area contributed by atoms with Crippen LogP contribution in [0.3, 0.4) is 0 Å². The Bertz CT molecular complexity index is 257. The van der Waals surface area contributed by atoms with Crippen LogP contribution in [-0.2, 0) is 4.79 Å². The van der Waals surface area contributed by atoms with E-state index >= 15 is 0 Å². The average Bonchev–Trinajstić information content (AvgIpc) is 2.51. The summed E-state index contributed by atoms with van der Waals surface area (Å²) in [6, 6.07) is 0. The number of carbonyl (C=O) groups is 1. The first-order chi connectivity index (χ1) is 10.8. The molecule has 2 aliphatic rings. The van der Waals surface area contributed by atoms with Crippen LogP contribution in [0.4, 0.5) is 0 Å². The maximum absolute atomic E-state index is 10.6. The van der Waals surface area contributed by atoms with Crippen molar-refractivity contribution in [1.82, 2.24) is 15.1 Å². The van der Waals surface area contributed by atoms with Crippen molar-refractivity contribution in [2.45, 2.75) is 52.4 Å². The predicted octanol–water partition coefficient (Wildman–Crippen LogP) is 2.39. The number of piperidine rings is 1. The van der Waals surface area contributed by atoms with Crippen LogP contribution in [0.1, 0.15) is 52.4 Å². The molecule has 0 spiro atoms. The van der Waals surface area contributed by atoms with E-state index in [0.29, 0.717) is 6.54 Å². The van der Waals surface area contributed by atoms with Gasteiger partial charge in [-0.25, -0.2) is 0 Å². The van der Waals surface area contributed by atoms with Gasteiger partial charge in [-0.1, -0.05) is 20.3 Å². The zero-order chi connectivity index (χ0) is 16.0. The molecule has 2 rings (SSSR count). The fourth-order valence-electron chi connectivity index (χ4n) is 3.31. The molecule has 22 heavy (non-hydrogen) atoms. The van der Waals surface area contributed by atoms with E-state index in [1.807, 2.05) is 0 Å². The van der Waals surface area contributed by atoms with Crippen molar-refractivity contribution in [1.29, 1.82) is 0 Å². The van der Waals surface area contributed by atoms with E-state index in [0.717, 1.165) is 25.3 Å². The lowest BCUT2D eigenvalue weighted by Crippen LogP contribution is -2.38. The number of hydrogen-bond acceptors (Lipinski definition) is 4. The van der Waals surface area contributed by atoms with Gasteiger partial charge in [-0.3, -0.25) is 4.90 Å². The van der Waals surface area contributed by atoms with E-state index in [1.165, 1.54) is 71.2 Å². The van der Waals surface area contributed by atoms with Gasteiger partial charge in [-0.15, -0.1) is 0 Å². The Labute approximate surface area is 137 Å². The largest absolute Gasteiger partial charge is 0.317 e. The third-order valence-corrected chi connectivity index (χ3v) is 4.54. The molecule has 0 amide bonds. The quantitative estimate of drug-likeness (QED) is 0.791. The van der Waals surface area contributed by atoms with Gasteiger partial charge in [-0.2, -0.15) is 0 Å². The molecule has 0 aromatic rings.